The van der Waals surface area contributed by atoms with Gasteiger partial charge in [-0.1, -0.05) is 6.08 Å². The fraction of sp³-hybridized carbons (Fsp3) is 0.750. The van der Waals surface area contributed by atoms with Crippen molar-refractivity contribution in [2.45, 2.75) is 12.8 Å². The number of halogens is 1. The predicted molar refractivity (Wildman–Crippen MR) is 73.5 cm³/mol. The van der Waals surface area contributed by atoms with Crippen LogP contribution < -0.4 is 10.6 Å². The SMILES string of the molecule is C=CCNC(=O)CN1CCC(CNC)CC1.Cl. The molecule has 0 aromatic rings. The molecule has 1 saturated heterocycles. The highest BCUT2D eigenvalue weighted by Crippen LogP contribution is 2.15. The average Bonchev–Trinajstić information content (AvgIpc) is 2.29. The Morgan fingerprint density at radius 3 is 2.65 bits per heavy atom. The maximum Gasteiger partial charge on any atom is 0.234 e. The molecule has 0 bridgehead atoms. The lowest BCUT2D eigenvalue weighted by Crippen LogP contribution is -2.42. The van der Waals surface area contributed by atoms with Crippen LogP contribution in [0.2, 0.25) is 0 Å². The molecule has 0 radical (unpaired) electrons. The summed E-state index contributed by atoms with van der Waals surface area (Å²) >= 11 is 0. The number of nitrogens with one attached hydrogen (secondary N) is 2. The second-order valence-electron chi connectivity index (χ2n) is 4.37. The van der Waals surface area contributed by atoms with Crippen LogP contribution in [0.15, 0.2) is 12.7 Å². The summed E-state index contributed by atoms with van der Waals surface area (Å²) in [4.78, 5) is 13.7. The summed E-state index contributed by atoms with van der Waals surface area (Å²) in [5, 5.41) is 6.02. The molecule has 100 valence electrons. The molecule has 1 rings (SSSR count). The Kier molecular flexibility index (Phi) is 9.13. The minimum Gasteiger partial charge on any atom is -0.352 e. The molecule has 0 spiro atoms. The Balaban J connectivity index is 0.00000256. The highest BCUT2D eigenvalue weighted by molar-refractivity contribution is 5.85. The molecule has 17 heavy (non-hydrogen) atoms. The monoisotopic (exact) mass is 261 g/mol. The first-order valence-electron chi connectivity index (χ1n) is 6.00. The summed E-state index contributed by atoms with van der Waals surface area (Å²) in [7, 11) is 2.00. The van der Waals surface area contributed by atoms with Crippen LogP contribution in [0.3, 0.4) is 0 Å². The van der Waals surface area contributed by atoms with Crippen LogP contribution in [-0.4, -0.2) is 50.6 Å². The van der Waals surface area contributed by atoms with Gasteiger partial charge in [-0.2, -0.15) is 0 Å². The number of carbonyl (C=O) groups excluding carboxylic acids is 1. The average molecular weight is 262 g/mol. The minimum absolute atomic E-state index is 0. The standard InChI is InChI=1S/C12H23N3O.ClH/c1-3-6-14-12(16)10-15-7-4-11(5-8-15)9-13-2;/h3,11,13H,1,4-10H2,2H3,(H,14,16);1H. The molecule has 1 aliphatic rings. The van der Waals surface area contributed by atoms with Crippen LogP contribution in [0.25, 0.3) is 0 Å². The lowest BCUT2D eigenvalue weighted by Gasteiger charge is -2.31. The molecule has 0 aliphatic carbocycles. The Hall–Kier alpha value is -0.580. The van der Waals surface area contributed by atoms with Gasteiger partial charge in [0.1, 0.15) is 0 Å². The van der Waals surface area contributed by atoms with E-state index >= 15 is 0 Å². The summed E-state index contributed by atoms with van der Waals surface area (Å²) in [5.41, 5.74) is 0. The van der Waals surface area contributed by atoms with Crippen molar-refractivity contribution in [1.82, 2.24) is 15.5 Å². The third-order valence-corrected chi connectivity index (χ3v) is 3.01. The second kappa shape index (κ2) is 9.45. The fourth-order valence-corrected chi connectivity index (χ4v) is 2.08. The smallest absolute Gasteiger partial charge is 0.234 e. The van der Waals surface area contributed by atoms with E-state index < -0.39 is 0 Å². The molecular formula is C12H24ClN3O. The summed E-state index contributed by atoms with van der Waals surface area (Å²) < 4.78 is 0. The van der Waals surface area contributed by atoms with E-state index in [9.17, 15) is 4.79 Å². The van der Waals surface area contributed by atoms with Crippen LogP contribution in [0.1, 0.15) is 12.8 Å². The van der Waals surface area contributed by atoms with Crippen molar-refractivity contribution in [1.29, 1.82) is 0 Å². The fourth-order valence-electron chi connectivity index (χ4n) is 2.08. The molecule has 1 amide bonds. The third-order valence-electron chi connectivity index (χ3n) is 3.01. The highest BCUT2D eigenvalue weighted by Gasteiger charge is 2.19. The molecule has 1 heterocycles. The first-order valence-corrected chi connectivity index (χ1v) is 6.00. The summed E-state index contributed by atoms with van der Waals surface area (Å²) in [6.07, 6.45) is 4.09. The normalized spacial score (nSPS) is 17.2. The van der Waals surface area contributed by atoms with E-state index in [0.29, 0.717) is 13.1 Å². The van der Waals surface area contributed by atoms with Crippen molar-refractivity contribution in [2.24, 2.45) is 5.92 Å². The molecule has 1 fully saturated rings. The number of hydrogen-bond acceptors (Lipinski definition) is 3. The predicted octanol–water partition coefficient (Wildman–Crippen LogP) is 0.642. The number of nitrogens with zero attached hydrogens (tertiary/aromatic N) is 1. The Morgan fingerprint density at radius 2 is 2.12 bits per heavy atom. The summed E-state index contributed by atoms with van der Waals surface area (Å²) in [5.74, 6) is 0.879. The van der Waals surface area contributed by atoms with Crippen molar-refractivity contribution in [3.63, 3.8) is 0 Å². The van der Waals surface area contributed by atoms with Crippen LogP contribution in [0.4, 0.5) is 0 Å². The van der Waals surface area contributed by atoms with Crippen molar-refractivity contribution in [3.8, 4) is 0 Å². The third kappa shape index (κ3) is 6.66. The molecular weight excluding hydrogens is 238 g/mol. The molecule has 2 N–H and O–H groups in total. The largest absolute Gasteiger partial charge is 0.352 e. The highest BCUT2D eigenvalue weighted by atomic mass is 35.5. The first kappa shape index (κ1) is 16.4. The summed E-state index contributed by atoms with van der Waals surface area (Å²) in [6, 6.07) is 0. The van der Waals surface area contributed by atoms with E-state index in [1.807, 2.05) is 7.05 Å². The van der Waals surface area contributed by atoms with E-state index in [4.69, 9.17) is 0 Å². The summed E-state index contributed by atoms with van der Waals surface area (Å²) in [6.45, 7) is 7.83. The lowest BCUT2D eigenvalue weighted by atomic mass is 9.97. The molecule has 0 atom stereocenters. The van der Waals surface area contributed by atoms with E-state index in [1.165, 1.54) is 12.8 Å². The van der Waals surface area contributed by atoms with Crippen LogP contribution in [-0.2, 0) is 4.79 Å². The number of likely N-dealkylation sites (tertiary alicyclic amines) is 1. The zero-order valence-electron chi connectivity index (χ0n) is 10.6. The van der Waals surface area contributed by atoms with Crippen molar-refractivity contribution >= 4 is 18.3 Å². The van der Waals surface area contributed by atoms with Crippen molar-refractivity contribution in [2.75, 3.05) is 39.8 Å². The Bertz CT molecular complexity index is 228. The molecule has 0 unspecified atom stereocenters. The van der Waals surface area contributed by atoms with Crippen LogP contribution >= 0.6 is 12.4 Å². The molecule has 0 aromatic carbocycles. The van der Waals surface area contributed by atoms with Crippen LogP contribution in [0, 0.1) is 5.92 Å². The maximum atomic E-state index is 11.5. The zero-order valence-corrected chi connectivity index (χ0v) is 11.4. The molecule has 0 aromatic heterocycles. The molecule has 1 aliphatic heterocycles. The molecule has 0 saturated carbocycles. The van der Waals surface area contributed by atoms with Crippen LogP contribution in [0.5, 0.6) is 0 Å². The van der Waals surface area contributed by atoms with Gasteiger partial charge in [0.25, 0.3) is 0 Å². The van der Waals surface area contributed by atoms with E-state index in [2.05, 4.69) is 22.1 Å². The van der Waals surface area contributed by atoms with Gasteiger partial charge in [-0.15, -0.1) is 19.0 Å². The van der Waals surface area contributed by atoms with Gasteiger partial charge in [-0.05, 0) is 45.4 Å². The number of hydrogen-bond donors (Lipinski definition) is 2. The lowest BCUT2D eigenvalue weighted by molar-refractivity contribution is -0.122. The van der Waals surface area contributed by atoms with Crippen molar-refractivity contribution in [3.05, 3.63) is 12.7 Å². The van der Waals surface area contributed by atoms with E-state index in [-0.39, 0.29) is 18.3 Å². The maximum absolute atomic E-state index is 11.5. The van der Waals surface area contributed by atoms with Gasteiger partial charge in [-0.3, -0.25) is 9.69 Å². The Morgan fingerprint density at radius 1 is 1.47 bits per heavy atom. The van der Waals surface area contributed by atoms with E-state index in [1.54, 1.807) is 6.08 Å². The van der Waals surface area contributed by atoms with Crippen molar-refractivity contribution < 1.29 is 4.79 Å². The first-order chi connectivity index (χ1) is 7.76. The van der Waals surface area contributed by atoms with Gasteiger partial charge in [0, 0.05) is 6.54 Å². The van der Waals surface area contributed by atoms with Gasteiger partial charge in [-0.25, -0.2) is 0 Å². The number of rotatable bonds is 6. The Labute approximate surface area is 110 Å². The van der Waals surface area contributed by atoms with Gasteiger partial charge < -0.3 is 10.6 Å². The topological polar surface area (TPSA) is 44.4 Å². The van der Waals surface area contributed by atoms with Gasteiger partial charge in [0.2, 0.25) is 5.91 Å². The zero-order chi connectivity index (χ0) is 11.8. The number of amides is 1. The van der Waals surface area contributed by atoms with E-state index in [0.717, 1.165) is 25.6 Å². The van der Waals surface area contributed by atoms with Gasteiger partial charge in [0.05, 0.1) is 6.54 Å². The van der Waals surface area contributed by atoms with Gasteiger partial charge in [0.15, 0.2) is 0 Å². The molecule has 5 heteroatoms. The molecule has 4 nitrogen and oxygen atoms in total. The number of carbonyl (C=O) groups is 1. The quantitative estimate of drug-likeness (QED) is 0.690. The number of piperidine rings is 1. The second-order valence-corrected chi connectivity index (χ2v) is 4.37. The van der Waals surface area contributed by atoms with Gasteiger partial charge >= 0.3 is 0 Å². The minimum atomic E-state index is 0.